The third-order valence-corrected chi connectivity index (χ3v) is 4.84. The molecular weight excluding hydrogens is 375 g/mol. The van der Waals surface area contributed by atoms with Gasteiger partial charge in [0.15, 0.2) is 5.65 Å². The van der Waals surface area contributed by atoms with E-state index in [-0.39, 0.29) is 13.1 Å². The first-order valence-corrected chi connectivity index (χ1v) is 8.91. The van der Waals surface area contributed by atoms with Crippen molar-refractivity contribution in [2.45, 2.75) is 38.6 Å². The fourth-order valence-electron chi connectivity index (χ4n) is 3.52. The summed E-state index contributed by atoms with van der Waals surface area (Å²) in [6.07, 6.45) is -3.97. The average molecular weight is 393 g/mol. The maximum absolute atomic E-state index is 13.1. The molecule has 28 heavy (non-hydrogen) atoms. The number of benzene rings is 1. The summed E-state index contributed by atoms with van der Waals surface area (Å²) < 4.78 is 46.4. The molecule has 0 N–H and O–H groups in total. The molecule has 1 aliphatic heterocycles. The zero-order valence-electron chi connectivity index (χ0n) is 15.1. The van der Waals surface area contributed by atoms with E-state index in [1.54, 1.807) is 6.07 Å². The van der Waals surface area contributed by atoms with Gasteiger partial charge in [-0.15, -0.1) is 5.10 Å². The number of rotatable bonds is 4. The molecule has 1 saturated heterocycles. The molecule has 148 valence electrons. The summed E-state index contributed by atoms with van der Waals surface area (Å²) in [5, 5.41) is 12.3. The Kier molecular flexibility index (Phi) is 4.66. The number of aryl methyl sites for hydroxylation is 1. The highest BCUT2D eigenvalue weighted by molar-refractivity contribution is 5.85. The molecule has 4 rings (SSSR count). The lowest BCUT2D eigenvalue weighted by atomic mass is 10.1. The smallest absolute Gasteiger partial charge is 0.376 e. The Balaban J connectivity index is 1.74. The lowest BCUT2D eigenvalue weighted by Crippen LogP contribution is -2.44. The first-order valence-electron chi connectivity index (χ1n) is 8.91. The molecule has 1 fully saturated rings. The second-order valence-corrected chi connectivity index (χ2v) is 6.96. The lowest BCUT2D eigenvalue weighted by Gasteiger charge is -2.26. The molecule has 1 atom stereocenters. The van der Waals surface area contributed by atoms with Gasteiger partial charge in [-0.25, -0.2) is 0 Å². The van der Waals surface area contributed by atoms with Gasteiger partial charge in [-0.2, -0.15) is 17.7 Å². The fourth-order valence-corrected chi connectivity index (χ4v) is 3.52. The van der Waals surface area contributed by atoms with E-state index in [1.807, 2.05) is 25.1 Å². The summed E-state index contributed by atoms with van der Waals surface area (Å²) in [6, 6.07) is 7.37. The number of fused-ring (bicyclic) bond motifs is 3. The third-order valence-electron chi connectivity index (χ3n) is 4.84. The lowest BCUT2D eigenvalue weighted by molar-refractivity contribution is -0.187. The summed E-state index contributed by atoms with van der Waals surface area (Å²) in [6.45, 7) is 2.03. The normalized spacial score (nSPS) is 17.5. The topological polar surface area (TPSA) is 72.6 Å². The Hall–Kier alpha value is -2.75. The van der Waals surface area contributed by atoms with Crippen LogP contribution < -0.4 is 0 Å². The second kappa shape index (κ2) is 7.01. The van der Waals surface area contributed by atoms with Gasteiger partial charge in [0.2, 0.25) is 0 Å². The van der Waals surface area contributed by atoms with Crippen molar-refractivity contribution in [3.63, 3.8) is 0 Å². The van der Waals surface area contributed by atoms with Crippen molar-refractivity contribution in [1.82, 2.24) is 24.9 Å². The largest absolute Gasteiger partial charge is 0.471 e. The number of hydrogen-bond acceptors (Lipinski definition) is 5. The number of pyridine rings is 1. The quantitative estimate of drug-likeness (QED) is 0.682. The maximum atomic E-state index is 13.1. The van der Waals surface area contributed by atoms with Crippen LogP contribution in [0, 0.1) is 6.92 Å². The zero-order valence-corrected chi connectivity index (χ0v) is 15.1. The molecule has 0 bridgehead atoms. The Morgan fingerprint density at radius 1 is 1.36 bits per heavy atom. The van der Waals surface area contributed by atoms with Gasteiger partial charge in [0.05, 0.1) is 11.6 Å². The van der Waals surface area contributed by atoms with E-state index < -0.39 is 18.2 Å². The first-order chi connectivity index (χ1) is 13.3. The van der Waals surface area contributed by atoms with Crippen molar-refractivity contribution in [2.75, 3.05) is 13.2 Å². The minimum absolute atomic E-state index is 0.127. The molecule has 3 aromatic rings. The van der Waals surface area contributed by atoms with E-state index in [0.717, 1.165) is 27.8 Å². The van der Waals surface area contributed by atoms with Gasteiger partial charge in [0.25, 0.3) is 0 Å². The zero-order chi connectivity index (χ0) is 19.9. The minimum Gasteiger partial charge on any atom is -0.376 e. The van der Waals surface area contributed by atoms with Gasteiger partial charge in [-0.05, 0) is 47.9 Å². The number of ether oxygens (including phenoxy) is 1. The Morgan fingerprint density at radius 2 is 2.18 bits per heavy atom. The van der Waals surface area contributed by atoms with Crippen molar-refractivity contribution in [1.29, 1.82) is 0 Å². The number of carbonyl (C=O) groups excluding carboxylic acids is 1. The summed E-state index contributed by atoms with van der Waals surface area (Å²) in [7, 11) is 0. The molecule has 10 heteroatoms. The number of alkyl halides is 3. The predicted molar refractivity (Wildman–Crippen MR) is 93.5 cm³/mol. The maximum Gasteiger partial charge on any atom is 0.471 e. The van der Waals surface area contributed by atoms with E-state index in [1.165, 1.54) is 4.52 Å². The molecule has 1 amide bonds. The van der Waals surface area contributed by atoms with E-state index in [9.17, 15) is 18.0 Å². The highest BCUT2D eigenvalue weighted by Crippen LogP contribution is 2.26. The number of halogens is 3. The summed E-state index contributed by atoms with van der Waals surface area (Å²) >= 11 is 0. The Labute approximate surface area is 158 Å². The van der Waals surface area contributed by atoms with Crippen LogP contribution in [0.1, 0.15) is 24.0 Å². The second-order valence-electron chi connectivity index (χ2n) is 6.96. The average Bonchev–Trinajstić information content (AvgIpc) is 3.32. The van der Waals surface area contributed by atoms with Gasteiger partial charge in [0, 0.05) is 30.6 Å². The molecule has 2 aromatic heterocycles. The first kappa shape index (κ1) is 18.6. The van der Waals surface area contributed by atoms with E-state index in [4.69, 9.17) is 4.74 Å². The molecular formula is C18H18F3N5O2. The van der Waals surface area contributed by atoms with Crippen LogP contribution in [-0.4, -0.2) is 56.3 Å². The molecule has 3 heterocycles. The number of aromatic nitrogens is 4. The van der Waals surface area contributed by atoms with Crippen LogP contribution in [0.5, 0.6) is 0 Å². The van der Waals surface area contributed by atoms with Crippen molar-refractivity contribution in [2.24, 2.45) is 0 Å². The van der Waals surface area contributed by atoms with Crippen LogP contribution in [0.15, 0.2) is 24.3 Å². The van der Waals surface area contributed by atoms with E-state index in [0.29, 0.717) is 24.2 Å². The number of nitrogens with zero attached hydrogens (tertiary/aromatic N) is 5. The van der Waals surface area contributed by atoms with E-state index >= 15 is 0 Å². The van der Waals surface area contributed by atoms with Crippen molar-refractivity contribution in [3.8, 4) is 0 Å². The van der Waals surface area contributed by atoms with Crippen LogP contribution in [0.4, 0.5) is 13.2 Å². The number of hydrogen-bond donors (Lipinski definition) is 0. The summed E-state index contributed by atoms with van der Waals surface area (Å²) in [5.74, 6) is -1.89. The highest BCUT2D eigenvalue weighted by Gasteiger charge is 2.43. The Morgan fingerprint density at radius 3 is 2.89 bits per heavy atom. The van der Waals surface area contributed by atoms with E-state index in [2.05, 4.69) is 15.5 Å². The predicted octanol–water partition coefficient (Wildman–Crippen LogP) is 2.66. The molecule has 1 unspecified atom stereocenters. The minimum atomic E-state index is -4.96. The van der Waals surface area contributed by atoms with Crippen LogP contribution >= 0.6 is 0 Å². The summed E-state index contributed by atoms with van der Waals surface area (Å²) in [5.41, 5.74) is 2.52. The van der Waals surface area contributed by atoms with Gasteiger partial charge < -0.3 is 9.64 Å². The molecule has 0 saturated carbocycles. The summed E-state index contributed by atoms with van der Waals surface area (Å²) in [4.78, 5) is 12.8. The fraction of sp³-hybridized carbons (Fsp3) is 0.444. The standard InChI is InChI=1S/C18H18F3N5O2/c1-11-4-5-12-8-13(16-22-23-24-26(16)15(12)7-11)9-25(17(27)18(19,20)21)10-14-3-2-6-28-14/h4-5,7-8,14H,2-3,6,9-10H2,1H3. The molecule has 7 nitrogen and oxygen atoms in total. The number of amides is 1. The van der Waals surface area contributed by atoms with Gasteiger partial charge in [-0.3, -0.25) is 4.79 Å². The molecule has 1 aliphatic rings. The monoisotopic (exact) mass is 393 g/mol. The van der Waals surface area contributed by atoms with Crippen LogP contribution in [0.3, 0.4) is 0 Å². The van der Waals surface area contributed by atoms with Crippen molar-refractivity contribution in [3.05, 3.63) is 35.4 Å². The van der Waals surface area contributed by atoms with Crippen molar-refractivity contribution >= 4 is 22.5 Å². The SMILES string of the molecule is Cc1ccc2cc(CN(CC3CCCO3)C(=O)C(F)(F)F)c3nnnn3c2c1. The number of tetrazole rings is 1. The van der Waals surface area contributed by atoms with Gasteiger partial charge in [-0.1, -0.05) is 12.1 Å². The van der Waals surface area contributed by atoms with Crippen LogP contribution in [0.2, 0.25) is 0 Å². The molecule has 0 radical (unpaired) electrons. The van der Waals surface area contributed by atoms with Gasteiger partial charge in [0.1, 0.15) is 0 Å². The molecule has 1 aromatic carbocycles. The highest BCUT2D eigenvalue weighted by atomic mass is 19.4. The van der Waals surface area contributed by atoms with Gasteiger partial charge >= 0.3 is 12.1 Å². The van der Waals surface area contributed by atoms with Crippen molar-refractivity contribution < 1.29 is 22.7 Å². The third kappa shape index (κ3) is 3.51. The molecule has 0 aliphatic carbocycles. The Bertz CT molecular complexity index is 1030. The number of carbonyl (C=O) groups is 1. The van der Waals surface area contributed by atoms with Crippen LogP contribution in [0.25, 0.3) is 16.6 Å². The molecule has 0 spiro atoms. The van der Waals surface area contributed by atoms with Crippen LogP contribution in [-0.2, 0) is 16.1 Å².